The molecule has 0 aliphatic carbocycles. The van der Waals surface area contributed by atoms with Crippen LogP contribution in [0, 0.1) is 0 Å². The molecule has 3 rings (SSSR count). The lowest BCUT2D eigenvalue weighted by molar-refractivity contribution is -0.115. The zero-order chi connectivity index (χ0) is 16.9. The number of nitrogens with zero attached hydrogens (tertiary/aromatic N) is 2. The Morgan fingerprint density at radius 2 is 1.96 bits per heavy atom. The van der Waals surface area contributed by atoms with Gasteiger partial charge in [-0.1, -0.05) is 47.6 Å². The average Bonchev–Trinajstić information content (AvgIpc) is 3.04. The number of benzene rings is 2. The monoisotopic (exact) mass is 359 g/mol. The summed E-state index contributed by atoms with van der Waals surface area (Å²) in [6, 6.07) is 16.5. The second-order valence-corrected chi connectivity index (χ2v) is 6.73. The van der Waals surface area contributed by atoms with E-state index in [1.807, 2.05) is 30.3 Å². The third-order valence-electron chi connectivity index (χ3n) is 3.17. The third kappa shape index (κ3) is 4.15. The highest BCUT2D eigenvalue weighted by atomic mass is 35.5. The van der Waals surface area contributed by atoms with Crippen LogP contribution in [-0.2, 0) is 4.79 Å². The molecule has 1 aromatic heterocycles. The van der Waals surface area contributed by atoms with Gasteiger partial charge in [-0.15, -0.1) is 10.2 Å². The van der Waals surface area contributed by atoms with E-state index < -0.39 is 5.25 Å². The molecular weight excluding hydrogens is 346 g/mol. The summed E-state index contributed by atoms with van der Waals surface area (Å²) < 4.78 is 5.60. The number of carbonyl (C=O) groups is 1. The van der Waals surface area contributed by atoms with Crippen molar-refractivity contribution in [2.24, 2.45) is 0 Å². The van der Waals surface area contributed by atoms with E-state index in [0.29, 0.717) is 21.8 Å². The molecule has 0 bridgehead atoms. The van der Waals surface area contributed by atoms with Crippen LogP contribution in [0.15, 0.2) is 64.2 Å². The molecule has 0 aliphatic rings. The smallest absolute Gasteiger partial charge is 0.277 e. The van der Waals surface area contributed by atoms with Crippen LogP contribution in [0.5, 0.6) is 0 Å². The van der Waals surface area contributed by atoms with E-state index in [2.05, 4.69) is 15.5 Å². The molecule has 0 aliphatic heterocycles. The lowest BCUT2D eigenvalue weighted by Gasteiger charge is -2.09. The molecule has 0 fully saturated rings. The molecule has 24 heavy (non-hydrogen) atoms. The van der Waals surface area contributed by atoms with Crippen molar-refractivity contribution in [1.82, 2.24) is 10.2 Å². The van der Waals surface area contributed by atoms with Gasteiger partial charge in [-0.05, 0) is 37.3 Å². The molecule has 122 valence electrons. The number of carbonyl (C=O) groups excluding carboxylic acids is 1. The molecule has 1 unspecified atom stereocenters. The maximum Gasteiger partial charge on any atom is 0.277 e. The summed E-state index contributed by atoms with van der Waals surface area (Å²) in [4.78, 5) is 12.2. The molecule has 1 amide bonds. The second kappa shape index (κ2) is 7.51. The Morgan fingerprint density at radius 1 is 1.17 bits per heavy atom. The normalized spacial score (nSPS) is 11.9. The summed E-state index contributed by atoms with van der Waals surface area (Å²) in [7, 11) is 0. The van der Waals surface area contributed by atoms with Crippen LogP contribution in [-0.4, -0.2) is 21.4 Å². The predicted molar refractivity (Wildman–Crippen MR) is 95.1 cm³/mol. The van der Waals surface area contributed by atoms with Gasteiger partial charge in [0, 0.05) is 16.3 Å². The summed E-state index contributed by atoms with van der Waals surface area (Å²) in [5, 5.41) is 11.3. The van der Waals surface area contributed by atoms with E-state index in [0.717, 1.165) is 5.56 Å². The van der Waals surface area contributed by atoms with Crippen molar-refractivity contribution >= 4 is 35.0 Å². The van der Waals surface area contributed by atoms with Gasteiger partial charge in [-0.25, -0.2) is 0 Å². The first-order valence-electron chi connectivity index (χ1n) is 7.24. The number of hydrogen-bond donors (Lipinski definition) is 1. The number of aromatic nitrogens is 2. The maximum absolute atomic E-state index is 12.2. The Morgan fingerprint density at radius 3 is 2.71 bits per heavy atom. The molecule has 0 saturated carbocycles. The molecule has 7 heteroatoms. The van der Waals surface area contributed by atoms with Crippen molar-refractivity contribution < 1.29 is 9.21 Å². The fraction of sp³-hybridized carbons (Fsp3) is 0.118. The zero-order valence-electron chi connectivity index (χ0n) is 12.8. The van der Waals surface area contributed by atoms with E-state index in [4.69, 9.17) is 16.0 Å². The molecular formula is C17H14ClN3O2S. The molecule has 3 aromatic rings. The van der Waals surface area contributed by atoms with Crippen molar-refractivity contribution in [3.8, 4) is 11.5 Å². The van der Waals surface area contributed by atoms with Gasteiger partial charge >= 0.3 is 0 Å². The topological polar surface area (TPSA) is 68.0 Å². The Labute approximate surface area is 148 Å². The molecule has 1 N–H and O–H groups in total. The molecule has 0 spiro atoms. The van der Waals surface area contributed by atoms with Gasteiger partial charge in [0.15, 0.2) is 0 Å². The fourth-order valence-corrected chi connectivity index (χ4v) is 2.84. The van der Waals surface area contributed by atoms with Crippen LogP contribution < -0.4 is 5.32 Å². The molecule has 0 radical (unpaired) electrons. The van der Waals surface area contributed by atoms with E-state index in [1.54, 1.807) is 31.2 Å². The minimum atomic E-state index is -0.395. The van der Waals surface area contributed by atoms with E-state index in [-0.39, 0.29) is 5.91 Å². The number of anilines is 1. The van der Waals surface area contributed by atoms with Crippen LogP contribution in [0.2, 0.25) is 5.02 Å². The van der Waals surface area contributed by atoms with Crippen molar-refractivity contribution in [3.63, 3.8) is 0 Å². The summed E-state index contributed by atoms with van der Waals surface area (Å²) in [5.74, 6) is 0.266. The highest BCUT2D eigenvalue weighted by molar-refractivity contribution is 8.00. The van der Waals surface area contributed by atoms with Crippen molar-refractivity contribution in [2.45, 2.75) is 17.4 Å². The van der Waals surface area contributed by atoms with Crippen LogP contribution in [0.4, 0.5) is 5.69 Å². The third-order valence-corrected chi connectivity index (χ3v) is 4.34. The number of thioether (sulfide) groups is 1. The number of halogens is 1. The van der Waals surface area contributed by atoms with Gasteiger partial charge in [0.2, 0.25) is 11.8 Å². The zero-order valence-corrected chi connectivity index (χ0v) is 14.3. The Hall–Kier alpha value is -2.31. The SMILES string of the molecule is CC(Sc1nnc(-c2ccccc2)o1)C(=O)Nc1cccc(Cl)c1. The maximum atomic E-state index is 12.2. The van der Waals surface area contributed by atoms with Crippen LogP contribution in [0.1, 0.15) is 6.92 Å². The largest absolute Gasteiger partial charge is 0.411 e. The number of rotatable bonds is 5. The molecule has 2 aromatic carbocycles. The van der Waals surface area contributed by atoms with E-state index >= 15 is 0 Å². The van der Waals surface area contributed by atoms with E-state index in [9.17, 15) is 4.79 Å². The Bertz CT molecular complexity index is 839. The van der Waals surface area contributed by atoms with Crippen LogP contribution in [0.25, 0.3) is 11.5 Å². The van der Waals surface area contributed by atoms with Gasteiger partial charge in [-0.2, -0.15) is 0 Å². The quantitative estimate of drug-likeness (QED) is 0.679. The average molecular weight is 360 g/mol. The van der Waals surface area contributed by atoms with Crippen molar-refractivity contribution in [3.05, 3.63) is 59.6 Å². The summed E-state index contributed by atoms with van der Waals surface area (Å²) >= 11 is 7.11. The molecule has 5 nitrogen and oxygen atoms in total. The number of nitrogens with one attached hydrogen (secondary N) is 1. The minimum absolute atomic E-state index is 0.165. The van der Waals surface area contributed by atoms with Crippen LogP contribution >= 0.6 is 23.4 Å². The molecule has 0 saturated heterocycles. The lowest BCUT2D eigenvalue weighted by atomic mass is 10.2. The van der Waals surface area contributed by atoms with Gasteiger partial charge in [0.25, 0.3) is 5.22 Å². The highest BCUT2D eigenvalue weighted by Gasteiger charge is 2.19. The van der Waals surface area contributed by atoms with Crippen LogP contribution in [0.3, 0.4) is 0 Å². The van der Waals surface area contributed by atoms with Gasteiger partial charge < -0.3 is 9.73 Å². The summed E-state index contributed by atoms with van der Waals surface area (Å²) in [6.07, 6.45) is 0. The fourth-order valence-electron chi connectivity index (χ4n) is 1.97. The van der Waals surface area contributed by atoms with Crippen molar-refractivity contribution in [2.75, 3.05) is 5.32 Å². The summed E-state index contributed by atoms with van der Waals surface area (Å²) in [6.45, 7) is 1.77. The first kappa shape index (κ1) is 16.5. The van der Waals surface area contributed by atoms with E-state index in [1.165, 1.54) is 11.8 Å². The lowest BCUT2D eigenvalue weighted by Crippen LogP contribution is -2.22. The number of hydrogen-bond acceptors (Lipinski definition) is 5. The predicted octanol–water partition coefficient (Wildman–Crippen LogP) is 4.51. The Balaban J connectivity index is 1.63. The van der Waals surface area contributed by atoms with Crippen molar-refractivity contribution in [1.29, 1.82) is 0 Å². The number of amides is 1. The molecule has 1 atom stereocenters. The second-order valence-electron chi connectivity index (χ2n) is 5.00. The minimum Gasteiger partial charge on any atom is -0.411 e. The first-order chi connectivity index (χ1) is 11.6. The highest BCUT2D eigenvalue weighted by Crippen LogP contribution is 2.26. The van der Waals surface area contributed by atoms with Gasteiger partial charge in [0.1, 0.15) is 0 Å². The first-order valence-corrected chi connectivity index (χ1v) is 8.49. The summed E-state index contributed by atoms with van der Waals surface area (Å²) in [5.41, 5.74) is 1.49. The Kier molecular flexibility index (Phi) is 5.17. The standard InChI is InChI=1S/C17H14ClN3O2S/c1-11(15(22)19-14-9-5-8-13(18)10-14)24-17-21-20-16(23-17)12-6-3-2-4-7-12/h2-11H,1H3,(H,19,22). The van der Waals surface area contributed by atoms with Gasteiger partial charge in [-0.3, -0.25) is 4.79 Å². The molecule has 1 heterocycles. The van der Waals surface area contributed by atoms with Gasteiger partial charge in [0.05, 0.1) is 5.25 Å².